The number of rotatable bonds is 5. The van der Waals surface area contributed by atoms with E-state index in [2.05, 4.69) is 4.98 Å². The first kappa shape index (κ1) is 20.4. The minimum absolute atomic E-state index is 0.0622. The second-order valence-electron chi connectivity index (χ2n) is 7.62. The largest absolute Gasteiger partial charge is 0.343 e. The number of hydrogen-bond donors (Lipinski definition) is 2. The summed E-state index contributed by atoms with van der Waals surface area (Å²) in [5, 5.41) is 5.10. The topological polar surface area (TPSA) is 118 Å². The van der Waals surface area contributed by atoms with Crippen molar-refractivity contribution >= 4 is 27.0 Å². The van der Waals surface area contributed by atoms with Crippen LogP contribution in [0.15, 0.2) is 58.2 Å². The molecule has 0 radical (unpaired) electrons. The molecule has 1 aliphatic rings. The Bertz CT molecular complexity index is 1220. The summed E-state index contributed by atoms with van der Waals surface area (Å²) in [5.41, 5.74) is 2.50. The van der Waals surface area contributed by atoms with Crippen LogP contribution in [-0.2, 0) is 21.2 Å². The average molecular weight is 429 g/mol. The number of nitrogens with two attached hydrogens (primary N) is 1. The number of likely N-dealkylation sites (tertiary alicyclic amines) is 1. The van der Waals surface area contributed by atoms with Crippen molar-refractivity contribution in [1.82, 2.24) is 14.5 Å². The fourth-order valence-electron chi connectivity index (χ4n) is 4.07. The molecule has 0 saturated carbocycles. The van der Waals surface area contributed by atoms with Gasteiger partial charge in [-0.05, 0) is 49.1 Å². The molecule has 158 valence electrons. The third-order valence-corrected chi connectivity index (χ3v) is 6.61. The third-order valence-electron chi connectivity index (χ3n) is 5.69. The Labute approximate surface area is 174 Å². The number of carbonyl (C=O) groups excluding carboxylic acids is 1. The van der Waals surface area contributed by atoms with Crippen molar-refractivity contribution in [1.29, 1.82) is 0 Å². The number of piperidine rings is 1. The number of primary sulfonamides is 1. The number of amides is 1. The first-order valence-electron chi connectivity index (χ1n) is 9.92. The van der Waals surface area contributed by atoms with E-state index in [0.717, 1.165) is 29.4 Å². The van der Waals surface area contributed by atoms with Crippen LogP contribution >= 0.6 is 0 Å². The Kier molecular flexibility index (Phi) is 5.48. The number of aromatic amines is 1. The van der Waals surface area contributed by atoms with Crippen molar-refractivity contribution in [2.45, 2.75) is 36.6 Å². The number of imidazole rings is 1. The molecule has 3 N–H and O–H groups in total. The number of fused-ring (bicyclic) bond motifs is 1. The highest BCUT2D eigenvalue weighted by molar-refractivity contribution is 7.89. The van der Waals surface area contributed by atoms with Gasteiger partial charge in [-0.15, -0.1) is 0 Å². The van der Waals surface area contributed by atoms with Gasteiger partial charge >= 0.3 is 5.69 Å². The number of hydrogen-bond acceptors (Lipinski definition) is 4. The van der Waals surface area contributed by atoms with E-state index < -0.39 is 10.0 Å². The maximum Gasteiger partial charge on any atom is 0.326 e. The molecule has 8 nitrogen and oxygen atoms in total. The van der Waals surface area contributed by atoms with Gasteiger partial charge in [-0.2, -0.15) is 0 Å². The van der Waals surface area contributed by atoms with Crippen molar-refractivity contribution in [2.24, 2.45) is 5.14 Å². The molecule has 0 bridgehead atoms. The summed E-state index contributed by atoms with van der Waals surface area (Å²) < 4.78 is 24.4. The fourth-order valence-corrected chi connectivity index (χ4v) is 4.58. The minimum Gasteiger partial charge on any atom is -0.343 e. The normalized spacial score (nSPS) is 15.6. The number of nitrogens with zero attached hydrogens (tertiary/aromatic N) is 2. The lowest BCUT2D eigenvalue weighted by Gasteiger charge is -2.32. The molecule has 30 heavy (non-hydrogen) atoms. The van der Waals surface area contributed by atoms with Gasteiger partial charge in [-0.25, -0.2) is 18.4 Å². The van der Waals surface area contributed by atoms with Gasteiger partial charge < -0.3 is 9.88 Å². The van der Waals surface area contributed by atoms with E-state index in [1.54, 1.807) is 12.1 Å². The molecule has 1 saturated heterocycles. The van der Waals surface area contributed by atoms with Crippen molar-refractivity contribution in [2.75, 3.05) is 13.1 Å². The van der Waals surface area contributed by atoms with Gasteiger partial charge in [-0.3, -0.25) is 9.36 Å². The maximum absolute atomic E-state index is 12.6. The van der Waals surface area contributed by atoms with Gasteiger partial charge in [0.2, 0.25) is 15.9 Å². The lowest BCUT2D eigenvalue weighted by Crippen LogP contribution is -2.40. The van der Waals surface area contributed by atoms with Crippen molar-refractivity contribution in [3.63, 3.8) is 0 Å². The van der Waals surface area contributed by atoms with E-state index in [1.807, 2.05) is 33.7 Å². The average Bonchev–Trinajstić information content (AvgIpc) is 3.07. The molecule has 1 amide bonds. The van der Waals surface area contributed by atoms with Crippen molar-refractivity contribution in [3.8, 4) is 0 Å². The highest BCUT2D eigenvalue weighted by atomic mass is 32.2. The van der Waals surface area contributed by atoms with Crippen LogP contribution < -0.4 is 10.8 Å². The van der Waals surface area contributed by atoms with E-state index in [0.29, 0.717) is 25.9 Å². The highest BCUT2D eigenvalue weighted by Gasteiger charge is 2.25. The SMILES string of the molecule is NS(=O)(=O)c1ccc(CCC(=O)N2CCC(n3c(=O)[nH]c4ccccc43)CC2)cc1. The molecule has 0 aliphatic carbocycles. The summed E-state index contributed by atoms with van der Waals surface area (Å²) >= 11 is 0. The lowest BCUT2D eigenvalue weighted by atomic mass is 10.0. The standard InChI is InChI=1S/C21H24N4O4S/c22-30(28,29)17-8-5-15(6-9-17)7-10-20(26)24-13-11-16(12-14-24)25-19-4-2-1-3-18(19)23-21(25)27/h1-6,8-9,16H,7,10-14H2,(H,23,27)(H2,22,28,29). The van der Waals surface area contributed by atoms with E-state index >= 15 is 0 Å². The van der Waals surface area contributed by atoms with Crippen LogP contribution in [0.2, 0.25) is 0 Å². The number of H-pyrrole nitrogens is 1. The number of nitrogens with one attached hydrogen (secondary N) is 1. The first-order valence-corrected chi connectivity index (χ1v) is 11.5. The predicted molar refractivity (Wildman–Crippen MR) is 114 cm³/mol. The Hall–Kier alpha value is -2.91. The van der Waals surface area contributed by atoms with E-state index in [4.69, 9.17) is 5.14 Å². The van der Waals surface area contributed by atoms with E-state index in [1.165, 1.54) is 12.1 Å². The molecule has 1 aromatic heterocycles. The lowest BCUT2D eigenvalue weighted by molar-refractivity contribution is -0.132. The van der Waals surface area contributed by atoms with E-state index in [-0.39, 0.29) is 22.5 Å². The van der Waals surface area contributed by atoms with Crippen LogP contribution in [0, 0.1) is 0 Å². The molecule has 2 aromatic carbocycles. The van der Waals surface area contributed by atoms with Crippen molar-refractivity contribution < 1.29 is 13.2 Å². The number of aromatic nitrogens is 2. The molecule has 0 atom stereocenters. The second kappa shape index (κ2) is 8.08. The Balaban J connectivity index is 1.34. The predicted octanol–water partition coefficient (Wildman–Crippen LogP) is 1.77. The molecule has 0 unspecified atom stereocenters. The quantitative estimate of drug-likeness (QED) is 0.644. The molecular formula is C21H24N4O4S. The summed E-state index contributed by atoms with van der Waals surface area (Å²) in [6.45, 7) is 1.22. The monoisotopic (exact) mass is 428 g/mol. The van der Waals surface area contributed by atoms with E-state index in [9.17, 15) is 18.0 Å². The molecule has 9 heteroatoms. The number of carbonyl (C=O) groups is 1. The summed E-state index contributed by atoms with van der Waals surface area (Å²) in [4.78, 5) is 29.8. The van der Waals surface area contributed by atoms with Crippen LogP contribution in [0.4, 0.5) is 0 Å². The van der Waals surface area contributed by atoms with Gasteiger partial charge in [0.25, 0.3) is 0 Å². The van der Waals surface area contributed by atoms with Crippen LogP contribution in [0.3, 0.4) is 0 Å². The van der Waals surface area contributed by atoms with Gasteiger partial charge in [0, 0.05) is 25.6 Å². The number of aryl methyl sites for hydroxylation is 1. The maximum atomic E-state index is 12.6. The Morgan fingerprint density at radius 2 is 1.73 bits per heavy atom. The van der Waals surface area contributed by atoms with Crippen LogP contribution in [0.1, 0.15) is 30.9 Å². The molecule has 4 rings (SSSR count). The molecular weight excluding hydrogens is 404 g/mol. The van der Waals surface area contributed by atoms with Crippen LogP contribution in [0.25, 0.3) is 11.0 Å². The summed E-state index contributed by atoms with van der Waals surface area (Å²) in [7, 11) is -3.71. The van der Waals surface area contributed by atoms with Crippen LogP contribution in [0.5, 0.6) is 0 Å². The zero-order valence-corrected chi connectivity index (χ0v) is 17.3. The van der Waals surface area contributed by atoms with Crippen molar-refractivity contribution in [3.05, 3.63) is 64.6 Å². The van der Waals surface area contributed by atoms with Gasteiger partial charge in [-0.1, -0.05) is 24.3 Å². The summed E-state index contributed by atoms with van der Waals surface area (Å²) in [6.07, 6.45) is 2.35. The third kappa shape index (κ3) is 4.17. The Morgan fingerprint density at radius 3 is 2.40 bits per heavy atom. The number of para-hydroxylation sites is 2. The molecule has 1 aliphatic heterocycles. The number of benzene rings is 2. The first-order chi connectivity index (χ1) is 14.3. The van der Waals surface area contributed by atoms with Crippen LogP contribution in [-0.4, -0.2) is 41.9 Å². The second-order valence-corrected chi connectivity index (χ2v) is 9.18. The molecule has 1 fully saturated rings. The summed E-state index contributed by atoms with van der Waals surface area (Å²) in [5.74, 6) is 0.0650. The van der Waals surface area contributed by atoms with Gasteiger partial charge in [0.1, 0.15) is 0 Å². The molecule has 0 spiro atoms. The molecule has 2 heterocycles. The molecule has 3 aromatic rings. The number of sulfonamides is 1. The Morgan fingerprint density at radius 1 is 1.07 bits per heavy atom. The smallest absolute Gasteiger partial charge is 0.326 e. The fraction of sp³-hybridized carbons (Fsp3) is 0.333. The highest BCUT2D eigenvalue weighted by Crippen LogP contribution is 2.25. The van der Waals surface area contributed by atoms with Gasteiger partial charge in [0.05, 0.1) is 15.9 Å². The minimum atomic E-state index is -3.71. The van der Waals surface area contributed by atoms with Gasteiger partial charge in [0.15, 0.2) is 0 Å². The summed E-state index contributed by atoms with van der Waals surface area (Å²) in [6, 6.07) is 14.0. The zero-order chi connectivity index (χ0) is 21.3. The zero-order valence-electron chi connectivity index (χ0n) is 16.5.